The topological polar surface area (TPSA) is 61.8 Å². The maximum absolute atomic E-state index is 13.5. The van der Waals surface area contributed by atoms with Gasteiger partial charge in [-0.2, -0.15) is 0 Å². The van der Waals surface area contributed by atoms with Gasteiger partial charge < -0.3 is 14.2 Å². The minimum Gasteiger partial charge on any atom is -0.493 e. The van der Waals surface area contributed by atoms with Crippen LogP contribution in [0.15, 0.2) is 34.8 Å². The lowest BCUT2D eigenvalue weighted by molar-refractivity contribution is -0.120. The van der Waals surface area contributed by atoms with E-state index in [2.05, 4.69) is 34.6 Å². The Morgan fingerprint density at radius 3 is 2.03 bits per heavy atom. The Morgan fingerprint density at radius 2 is 1.50 bits per heavy atom. The van der Waals surface area contributed by atoms with E-state index in [9.17, 15) is 9.59 Å². The zero-order valence-electron chi connectivity index (χ0n) is 22.5. The highest BCUT2D eigenvalue weighted by atomic mass is 35.5. The van der Waals surface area contributed by atoms with Crippen LogP contribution in [0.2, 0.25) is 5.02 Å². The Hall–Kier alpha value is -2.27. The minimum atomic E-state index is -0.513. The Labute approximate surface area is 220 Å². The molecule has 1 aromatic rings. The van der Waals surface area contributed by atoms with Gasteiger partial charge in [0, 0.05) is 42.7 Å². The fourth-order valence-corrected chi connectivity index (χ4v) is 6.03. The molecule has 0 unspecified atom stereocenters. The standard InChI is InChI=1S/C30H39ClO5/c1-7-8-9-10-11-35-28-19(31)12-18(13-22(28)34-6)25-26-20(32)14-29(2,3)16-23(26)36-24-17-30(4,5)15-21(33)27(24)25/h12-13,25H,7-11,14-17H2,1-6H3. The number of ketones is 2. The van der Waals surface area contributed by atoms with Crippen molar-refractivity contribution < 1.29 is 23.8 Å². The second kappa shape index (κ2) is 10.2. The Kier molecular flexibility index (Phi) is 7.62. The molecule has 3 aliphatic rings. The van der Waals surface area contributed by atoms with Crippen molar-refractivity contribution in [2.75, 3.05) is 13.7 Å². The number of hydrogen-bond donors (Lipinski definition) is 0. The first-order valence-electron chi connectivity index (χ1n) is 13.2. The number of halogens is 1. The van der Waals surface area contributed by atoms with Gasteiger partial charge in [-0.1, -0.05) is 65.5 Å². The number of hydrogen-bond acceptors (Lipinski definition) is 5. The van der Waals surface area contributed by atoms with E-state index in [0.717, 1.165) is 24.8 Å². The van der Waals surface area contributed by atoms with Crippen molar-refractivity contribution in [2.24, 2.45) is 10.8 Å². The van der Waals surface area contributed by atoms with Gasteiger partial charge in [-0.3, -0.25) is 9.59 Å². The van der Waals surface area contributed by atoms with Crippen LogP contribution < -0.4 is 9.47 Å². The molecule has 0 bridgehead atoms. The predicted molar refractivity (Wildman–Crippen MR) is 142 cm³/mol. The van der Waals surface area contributed by atoms with Crippen LogP contribution in [0.25, 0.3) is 0 Å². The van der Waals surface area contributed by atoms with E-state index in [0.29, 0.717) is 71.5 Å². The molecule has 1 heterocycles. The summed E-state index contributed by atoms with van der Waals surface area (Å²) < 4.78 is 18.1. The lowest BCUT2D eigenvalue weighted by Gasteiger charge is -2.42. The molecule has 5 nitrogen and oxygen atoms in total. The number of carbonyl (C=O) groups is 2. The zero-order valence-corrected chi connectivity index (χ0v) is 23.3. The molecule has 196 valence electrons. The molecular formula is C30H39ClO5. The summed E-state index contributed by atoms with van der Waals surface area (Å²) in [6.07, 6.45) is 6.50. The van der Waals surface area contributed by atoms with Crippen molar-refractivity contribution in [1.82, 2.24) is 0 Å². The second-order valence-electron chi connectivity index (χ2n) is 12.0. The lowest BCUT2D eigenvalue weighted by atomic mass is 9.65. The van der Waals surface area contributed by atoms with Crippen molar-refractivity contribution in [3.63, 3.8) is 0 Å². The molecule has 1 aromatic carbocycles. The quantitative estimate of drug-likeness (QED) is 0.332. The maximum Gasteiger partial charge on any atom is 0.179 e. The van der Waals surface area contributed by atoms with Crippen LogP contribution >= 0.6 is 11.6 Å². The number of ether oxygens (including phenoxy) is 3. The van der Waals surface area contributed by atoms with Crippen molar-refractivity contribution in [1.29, 1.82) is 0 Å². The number of carbonyl (C=O) groups excluding carboxylic acids is 2. The van der Waals surface area contributed by atoms with Gasteiger partial charge in [0.25, 0.3) is 0 Å². The third-order valence-corrected chi connectivity index (χ3v) is 7.69. The van der Waals surface area contributed by atoms with Gasteiger partial charge >= 0.3 is 0 Å². The largest absolute Gasteiger partial charge is 0.493 e. The molecule has 4 rings (SSSR count). The average molecular weight is 515 g/mol. The lowest BCUT2D eigenvalue weighted by Crippen LogP contribution is -2.37. The summed E-state index contributed by atoms with van der Waals surface area (Å²) >= 11 is 6.75. The molecular weight excluding hydrogens is 476 g/mol. The van der Waals surface area contributed by atoms with E-state index in [1.165, 1.54) is 6.42 Å². The van der Waals surface area contributed by atoms with Crippen LogP contribution in [-0.4, -0.2) is 25.3 Å². The molecule has 0 saturated carbocycles. The zero-order chi connectivity index (χ0) is 26.3. The fourth-order valence-electron chi connectivity index (χ4n) is 5.76. The van der Waals surface area contributed by atoms with E-state index >= 15 is 0 Å². The fraction of sp³-hybridized carbons (Fsp3) is 0.600. The number of unbranched alkanes of at least 4 members (excludes halogenated alkanes) is 3. The van der Waals surface area contributed by atoms with Gasteiger partial charge in [0.15, 0.2) is 23.1 Å². The van der Waals surface area contributed by atoms with E-state index in [4.69, 9.17) is 25.8 Å². The van der Waals surface area contributed by atoms with E-state index in [-0.39, 0.29) is 22.4 Å². The summed E-state index contributed by atoms with van der Waals surface area (Å²) in [7, 11) is 1.58. The summed E-state index contributed by atoms with van der Waals surface area (Å²) in [5.74, 6) is 1.94. The summed E-state index contributed by atoms with van der Waals surface area (Å²) in [6.45, 7) is 11.1. The van der Waals surface area contributed by atoms with Crippen LogP contribution in [0, 0.1) is 10.8 Å². The number of rotatable bonds is 8. The van der Waals surface area contributed by atoms with Crippen LogP contribution in [0.3, 0.4) is 0 Å². The molecule has 0 spiro atoms. The van der Waals surface area contributed by atoms with Crippen LogP contribution in [0.1, 0.15) is 97.5 Å². The van der Waals surface area contributed by atoms with Gasteiger partial charge in [-0.15, -0.1) is 0 Å². The van der Waals surface area contributed by atoms with E-state index in [1.807, 2.05) is 12.1 Å². The molecule has 0 aromatic heterocycles. The number of methoxy groups -OCH3 is 1. The molecule has 6 heteroatoms. The number of benzene rings is 1. The van der Waals surface area contributed by atoms with Crippen molar-refractivity contribution in [2.45, 2.75) is 91.9 Å². The highest BCUT2D eigenvalue weighted by Crippen LogP contribution is 2.54. The van der Waals surface area contributed by atoms with Gasteiger partial charge in [-0.25, -0.2) is 0 Å². The summed E-state index contributed by atoms with van der Waals surface area (Å²) in [6, 6.07) is 3.70. The van der Waals surface area contributed by atoms with Crippen molar-refractivity contribution >= 4 is 23.2 Å². The first-order valence-corrected chi connectivity index (χ1v) is 13.5. The van der Waals surface area contributed by atoms with E-state index < -0.39 is 5.92 Å². The first kappa shape index (κ1) is 26.8. The molecule has 0 N–H and O–H groups in total. The third-order valence-electron chi connectivity index (χ3n) is 7.41. The smallest absolute Gasteiger partial charge is 0.179 e. The van der Waals surface area contributed by atoms with Gasteiger partial charge in [0.1, 0.15) is 11.5 Å². The van der Waals surface area contributed by atoms with Crippen LogP contribution in [0.5, 0.6) is 11.5 Å². The van der Waals surface area contributed by atoms with Crippen LogP contribution in [0.4, 0.5) is 0 Å². The summed E-state index contributed by atoms with van der Waals surface area (Å²) in [5.41, 5.74) is 1.55. The number of allylic oxidation sites excluding steroid dienone is 4. The monoisotopic (exact) mass is 514 g/mol. The Bertz CT molecular complexity index is 1070. The molecule has 2 aliphatic carbocycles. The second-order valence-corrected chi connectivity index (χ2v) is 12.4. The van der Waals surface area contributed by atoms with Gasteiger partial charge in [-0.05, 0) is 34.9 Å². The van der Waals surface area contributed by atoms with Gasteiger partial charge in [0.05, 0.1) is 18.7 Å². The average Bonchev–Trinajstić information content (AvgIpc) is 2.76. The first-order chi connectivity index (χ1) is 17.0. The molecule has 36 heavy (non-hydrogen) atoms. The van der Waals surface area contributed by atoms with Gasteiger partial charge in [0.2, 0.25) is 0 Å². The third kappa shape index (κ3) is 5.37. The molecule has 1 aliphatic heterocycles. The highest BCUT2D eigenvalue weighted by Gasteiger charge is 2.48. The van der Waals surface area contributed by atoms with E-state index in [1.54, 1.807) is 7.11 Å². The summed E-state index contributed by atoms with van der Waals surface area (Å²) in [4.78, 5) is 27.0. The minimum absolute atomic E-state index is 0.0294. The Morgan fingerprint density at radius 1 is 0.917 bits per heavy atom. The number of Topliss-reactive ketones (excluding diaryl/α,β-unsaturated/α-hetero) is 2. The SMILES string of the molecule is CCCCCCOc1c(Cl)cc(C2C3=C(CC(C)(C)CC3=O)OC3=C2C(=O)CC(C)(C)C3)cc1OC. The highest BCUT2D eigenvalue weighted by molar-refractivity contribution is 6.32. The molecule has 0 radical (unpaired) electrons. The predicted octanol–water partition coefficient (Wildman–Crippen LogP) is 7.71. The maximum atomic E-state index is 13.5. The molecule has 0 amide bonds. The Balaban J connectivity index is 1.78. The molecule has 0 atom stereocenters. The van der Waals surface area contributed by atoms with Crippen molar-refractivity contribution in [3.8, 4) is 11.5 Å². The normalized spacial score (nSPS) is 21.2. The molecule has 0 saturated heterocycles. The molecule has 0 fully saturated rings. The van der Waals surface area contributed by atoms with Crippen molar-refractivity contribution in [3.05, 3.63) is 45.4 Å². The van der Waals surface area contributed by atoms with Crippen LogP contribution in [-0.2, 0) is 14.3 Å². The summed E-state index contributed by atoms with van der Waals surface area (Å²) in [5, 5.41) is 0.419.